The number of esters is 1. The van der Waals surface area contributed by atoms with Crippen molar-refractivity contribution in [3.05, 3.63) is 0 Å². The van der Waals surface area contributed by atoms with Crippen LogP contribution in [0.3, 0.4) is 0 Å². The Kier molecular flexibility index (Phi) is 6.06. The van der Waals surface area contributed by atoms with Gasteiger partial charge in [-0.05, 0) is 0 Å². The highest BCUT2D eigenvalue weighted by Crippen LogP contribution is 1.95. The monoisotopic (exact) mass is 194 g/mol. The Balaban J connectivity index is 0.00000121. The Morgan fingerprint density at radius 2 is 2.33 bits per heavy atom. The Morgan fingerprint density at radius 3 is 2.83 bits per heavy atom. The van der Waals surface area contributed by atoms with Crippen molar-refractivity contribution in [1.82, 2.24) is 10.6 Å². The number of carbonyl (C=O) groups is 1. The average Bonchev–Trinajstić information content (AvgIpc) is 2.06. The van der Waals surface area contributed by atoms with E-state index in [1.807, 2.05) is 0 Å². The zero-order chi connectivity index (χ0) is 8.10. The van der Waals surface area contributed by atoms with Crippen molar-refractivity contribution >= 4 is 18.4 Å². The summed E-state index contributed by atoms with van der Waals surface area (Å²) in [6, 6.07) is 0.246. The quantitative estimate of drug-likeness (QED) is 0.584. The fourth-order valence-corrected chi connectivity index (χ4v) is 1.14. The van der Waals surface area contributed by atoms with E-state index < -0.39 is 0 Å². The summed E-state index contributed by atoms with van der Waals surface area (Å²) in [5.41, 5.74) is 0. The number of rotatable bonds is 2. The van der Waals surface area contributed by atoms with Crippen LogP contribution >= 0.6 is 12.4 Å². The van der Waals surface area contributed by atoms with Gasteiger partial charge in [-0.15, -0.1) is 12.4 Å². The molecule has 1 unspecified atom stereocenters. The summed E-state index contributed by atoms with van der Waals surface area (Å²) in [6.07, 6.45) is 0.462. The zero-order valence-electron chi connectivity index (χ0n) is 7.13. The largest absolute Gasteiger partial charge is 0.469 e. The summed E-state index contributed by atoms with van der Waals surface area (Å²) in [5.74, 6) is -0.147. The summed E-state index contributed by atoms with van der Waals surface area (Å²) in [7, 11) is 1.42. The number of nitrogens with one attached hydrogen (secondary N) is 2. The van der Waals surface area contributed by atoms with Gasteiger partial charge in [-0.25, -0.2) is 0 Å². The van der Waals surface area contributed by atoms with Crippen molar-refractivity contribution in [2.24, 2.45) is 0 Å². The minimum atomic E-state index is -0.147. The lowest BCUT2D eigenvalue weighted by molar-refractivity contribution is -0.141. The van der Waals surface area contributed by atoms with E-state index in [-0.39, 0.29) is 24.4 Å². The Labute approximate surface area is 78.5 Å². The smallest absolute Gasteiger partial charge is 0.307 e. The molecule has 0 aliphatic carbocycles. The first-order valence-electron chi connectivity index (χ1n) is 3.84. The van der Waals surface area contributed by atoms with Crippen LogP contribution in [0.25, 0.3) is 0 Å². The van der Waals surface area contributed by atoms with Crippen LogP contribution in [-0.4, -0.2) is 38.8 Å². The summed E-state index contributed by atoms with van der Waals surface area (Å²) in [6.45, 7) is 2.77. The van der Waals surface area contributed by atoms with Gasteiger partial charge in [-0.1, -0.05) is 0 Å². The van der Waals surface area contributed by atoms with E-state index in [1.54, 1.807) is 0 Å². The standard InChI is InChI=1S/C7H14N2O2.ClH/c1-11-7(10)4-6-5-8-2-3-9-6;/h6,8-9H,2-5H2,1H3;1H. The van der Waals surface area contributed by atoms with Gasteiger partial charge in [-0.2, -0.15) is 0 Å². The second kappa shape index (κ2) is 6.22. The molecule has 0 aromatic carbocycles. The molecular weight excluding hydrogens is 180 g/mol. The maximum absolute atomic E-state index is 10.8. The molecule has 1 heterocycles. The van der Waals surface area contributed by atoms with Gasteiger partial charge in [0, 0.05) is 25.7 Å². The highest BCUT2D eigenvalue weighted by Gasteiger charge is 2.15. The third kappa shape index (κ3) is 3.90. The van der Waals surface area contributed by atoms with Crippen LogP contribution in [0.1, 0.15) is 6.42 Å². The molecular formula is C7H15ClN2O2. The van der Waals surface area contributed by atoms with Gasteiger partial charge in [0.05, 0.1) is 13.5 Å². The predicted molar refractivity (Wildman–Crippen MR) is 48.5 cm³/mol. The van der Waals surface area contributed by atoms with E-state index in [0.29, 0.717) is 6.42 Å². The van der Waals surface area contributed by atoms with Crippen molar-refractivity contribution in [2.45, 2.75) is 12.5 Å². The van der Waals surface area contributed by atoms with Gasteiger partial charge in [0.2, 0.25) is 0 Å². The molecule has 0 radical (unpaired) electrons. The number of piperazine rings is 1. The fraction of sp³-hybridized carbons (Fsp3) is 0.857. The second-order valence-corrected chi connectivity index (χ2v) is 2.64. The lowest BCUT2D eigenvalue weighted by atomic mass is 10.2. The van der Waals surface area contributed by atoms with Crippen LogP contribution in [0.2, 0.25) is 0 Å². The van der Waals surface area contributed by atoms with Crippen LogP contribution in [0.4, 0.5) is 0 Å². The third-order valence-electron chi connectivity index (χ3n) is 1.77. The van der Waals surface area contributed by atoms with Gasteiger partial charge in [-0.3, -0.25) is 4.79 Å². The number of hydrogen-bond acceptors (Lipinski definition) is 4. The van der Waals surface area contributed by atoms with Crippen molar-refractivity contribution in [3.63, 3.8) is 0 Å². The van der Waals surface area contributed by atoms with Crippen molar-refractivity contribution in [1.29, 1.82) is 0 Å². The lowest BCUT2D eigenvalue weighted by Gasteiger charge is -2.23. The molecule has 0 aromatic rings. The maximum atomic E-state index is 10.8. The molecule has 0 aromatic heterocycles. The van der Waals surface area contributed by atoms with E-state index in [1.165, 1.54) is 7.11 Å². The molecule has 4 nitrogen and oxygen atoms in total. The first kappa shape index (κ1) is 11.7. The maximum Gasteiger partial charge on any atom is 0.307 e. The summed E-state index contributed by atoms with van der Waals surface area (Å²) >= 11 is 0. The van der Waals surface area contributed by atoms with Crippen LogP contribution < -0.4 is 10.6 Å². The molecule has 1 fully saturated rings. The highest BCUT2D eigenvalue weighted by molar-refractivity contribution is 5.85. The first-order chi connectivity index (χ1) is 5.33. The molecule has 1 rings (SSSR count). The minimum Gasteiger partial charge on any atom is -0.469 e. The van der Waals surface area contributed by atoms with E-state index in [2.05, 4.69) is 15.4 Å². The molecule has 1 saturated heterocycles. The highest BCUT2D eigenvalue weighted by atomic mass is 35.5. The Morgan fingerprint density at radius 1 is 1.58 bits per heavy atom. The molecule has 0 amide bonds. The SMILES string of the molecule is COC(=O)CC1CNCCN1.Cl. The van der Waals surface area contributed by atoms with E-state index in [4.69, 9.17) is 0 Å². The van der Waals surface area contributed by atoms with Gasteiger partial charge in [0.1, 0.15) is 0 Å². The first-order valence-corrected chi connectivity index (χ1v) is 3.84. The third-order valence-corrected chi connectivity index (χ3v) is 1.77. The molecule has 72 valence electrons. The van der Waals surface area contributed by atoms with E-state index >= 15 is 0 Å². The fourth-order valence-electron chi connectivity index (χ4n) is 1.14. The van der Waals surface area contributed by atoms with Crippen LogP contribution in [0.5, 0.6) is 0 Å². The Bertz CT molecular complexity index is 137. The van der Waals surface area contributed by atoms with Crippen molar-refractivity contribution in [2.75, 3.05) is 26.7 Å². The molecule has 0 bridgehead atoms. The van der Waals surface area contributed by atoms with Gasteiger partial charge in [0.15, 0.2) is 0 Å². The number of ether oxygens (including phenoxy) is 1. The summed E-state index contributed by atoms with van der Waals surface area (Å²) < 4.78 is 4.55. The summed E-state index contributed by atoms with van der Waals surface area (Å²) in [4.78, 5) is 10.8. The van der Waals surface area contributed by atoms with Crippen molar-refractivity contribution in [3.8, 4) is 0 Å². The molecule has 1 atom stereocenters. The van der Waals surface area contributed by atoms with Crippen LogP contribution in [0, 0.1) is 0 Å². The predicted octanol–water partition coefficient (Wildman–Crippen LogP) is -0.467. The lowest BCUT2D eigenvalue weighted by Crippen LogP contribution is -2.49. The van der Waals surface area contributed by atoms with Gasteiger partial charge >= 0.3 is 5.97 Å². The minimum absolute atomic E-state index is 0. The molecule has 0 saturated carbocycles. The van der Waals surface area contributed by atoms with E-state index in [9.17, 15) is 4.79 Å². The number of halogens is 1. The number of hydrogen-bond donors (Lipinski definition) is 2. The average molecular weight is 195 g/mol. The van der Waals surface area contributed by atoms with Crippen LogP contribution in [-0.2, 0) is 9.53 Å². The van der Waals surface area contributed by atoms with Gasteiger partial charge < -0.3 is 15.4 Å². The molecule has 0 spiro atoms. The van der Waals surface area contributed by atoms with Gasteiger partial charge in [0.25, 0.3) is 0 Å². The number of carbonyl (C=O) groups excluding carboxylic acids is 1. The second-order valence-electron chi connectivity index (χ2n) is 2.64. The molecule has 12 heavy (non-hydrogen) atoms. The summed E-state index contributed by atoms with van der Waals surface area (Å²) in [5, 5.41) is 6.41. The zero-order valence-corrected chi connectivity index (χ0v) is 7.95. The molecule has 1 aliphatic heterocycles. The normalized spacial score (nSPS) is 22.6. The number of methoxy groups -OCH3 is 1. The molecule has 1 aliphatic rings. The molecule has 5 heteroatoms. The topological polar surface area (TPSA) is 50.4 Å². The molecule has 2 N–H and O–H groups in total. The van der Waals surface area contributed by atoms with Crippen LogP contribution in [0.15, 0.2) is 0 Å². The van der Waals surface area contributed by atoms with Crippen molar-refractivity contribution < 1.29 is 9.53 Å². The Hall–Kier alpha value is -0.320. The van der Waals surface area contributed by atoms with E-state index in [0.717, 1.165) is 19.6 Å².